The molecule has 0 unspecified atom stereocenters. The normalized spacial score (nSPS) is 11.4. The van der Waals surface area contributed by atoms with E-state index in [1.807, 2.05) is 60.7 Å². The molecule has 0 aliphatic heterocycles. The van der Waals surface area contributed by atoms with Crippen LogP contribution < -0.4 is 5.32 Å². The predicted molar refractivity (Wildman–Crippen MR) is 114 cm³/mol. The van der Waals surface area contributed by atoms with Gasteiger partial charge in [-0.25, -0.2) is 0 Å². The van der Waals surface area contributed by atoms with Crippen LogP contribution in [0, 0.1) is 16.7 Å². The third-order valence-electron chi connectivity index (χ3n) is 4.34. The van der Waals surface area contributed by atoms with E-state index in [9.17, 15) is 10.1 Å². The van der Waals surface area contributed by atoms with Gasteiger partial charge in [-0.2, -0.15) is 5.26 Å². The molecule has 0 radical (unpaired) electrons. The lowest BCUT2D eigenvalue weighted by molar-refractivity contribution is -0.876. The number of nitriles is 1. The lowest BCUT2D eigenvalue weighted by Crippen LogP contribution is -2.47. The zero-order chi connectivity index (χ0) is 20.8. The maximum absolute atomic E-state index is 13.0. The number of carbonyl (C=O) groups is 1. The number of nitrogens with zero attached hydrogens (tertiary/aromatic N) is 2. The maximum Gasteiger partial charge on any atom is 0.262 e. The summed E-state index contributed by atoms with van der Waals surface area (Å²) in [6, 6.07) is 21.3. The van der Waals surface area contributed by atoms with Crippen LogP contribution in [-0.2, 0) is 4.79 Å². The summed E-state index contributed by atoms with van der Waals surface area (Å²) in [7, 11) is 6.40. The Hall–Kier alpha value is -2.90. The van der Waals surface area contributed by atoms with Gasteiger partial charge in [-0.15, -0.1) is 0 Å². The highest BCUT2D eigenvalue weighted by molar-refractivity contribution is 6.08. The van der Waals surface area contributed by atoms with E-state index in [0.717, 1.165) is 22.2 Å². The van der Waals surface area contributed by atoms with Crippen LogP contribution >= 0.6 is 0 Å². The predicted octanol–water partition coefficient (Wildman–Crippen LogP) is 3.86. The van der Waals surface area contributed by atoms with E-state index in [4.69, 9.17) is 0 Å². The number of hydrogen-bond acceptors (Lipinski definition) is 2. The molecular weight excluding hydrogens is 346 g/mol. The standard InChI is InChI=1S/C24H29N3O/c1-24(2,18-27(3,4)5)17-26-23(28)21(16-25)22(19-12-8-6-9-13-19)20-14-10-7-11-15-20/h6-15H,17-18H2,1-5H3/p+1. The minimum atomic E-state index is -0.334. The van der Waals surface area contributed by atoms with Gasteiger partial charge in [0.05, 0.1) is 27.7 Å². The molecular formula is C24H30N3O+. The van der Waals surface area contributed by atoms with Gasteiger partial charge in [-0.05, 0) is 11.1 Å². The Kier molecular flexibility index (Phi) is 6.77. The van der Waals surface area contributed by atoms with E-state index in [-0.39, 0.29) is 16.9 Å². The first-order valence-electron chi connectivity index (χ1n) is 9.47. The zero-order valence-electron chi connectivity index (χ0n) is 17.5. The van der Waals surface area contributed by atoms with Crippen LogP contribution in [0.15, 0.2) is 66.2 Å². The lowest BCUT2D eigenvalue weighted by Gasteiger charge is -2.34. The van der Waals surface area contributed by atoms with Gasteiger partial charge in [0.1, 0.15) is 11.6 Å². The first kappa shape index (κ1) is 21.4. The molecule has 4 nitrogen and oxygen atoms in total. The number of quaternary nitrogens is 1. The molecule has 4 heteroatoms. The van der Waals surface area contributed by atoms with E-state index >= 15 is 0 Å². The highest BCUT2D eigenvalue weighted by atomic mass is 16.1. The van der Waals surface area contributed by atoms with Gasteiger partial charge >= 0.3 is 0 Å². The van der Waals surface area contributed by atoms with Crippen molar-refractivity contribution >= 4 is 11.5 Å². The molecule has 2 aromatic carbocycles. The SMILES string of the molecule is CC(C)(CNC(=O)C(C#N)=C(c1ccccc1)c1ccccc1)C[N+](C)(C)C. The summed E-state index contributed by atoms with van der Waals surface area (Å²) in [5, 5.41) is 12.8. The molecule has 28 heavy (non-hydrogen) atoms. The number of carbonyl (C=O) groups excluding carboxylic acids is 1. The van der Waals surface area contributed by atoms with Crippen LogP contribution in [0.25, 0.3) is 5.57 Å². The third kappa shape index (κ3) is 6.07. The highest BCUT2D eigenvalue weighted by Crippen LogP contribution is 2.27. The molecule has 0 heterocycles. The summed E-state index contributed by atoms with van der Waals surface area (Å²) in [6.07, 6.45) is 0. The minimum Gasteiger partial charge on any atom is -0.351 e. The number of amides is 1. The minimum absolute atomic E-state index is 0.0892. The van der Waals surface area contributed by atoms with Crippen LogP contribution in [0.1, 0.15) is 25.0 Å². The molecule has 1 N–H and O–H groups in total. The van der Waals surface area contributed by atoms with Gasteiger partial charge in [0, 0.05) is 17.5 Å². The fraction of sp³-hybridized carbons (Fsp3) is 0.333. The van der Waals surface area contributed by atoms with Gasteiger partial charge in [-0.1, -0.05) is 74.5 Å². The van der Waals surface area contributed by atoms with E-state index in [0.29, 0.717) is 12.1 Å². The fourth-order valence-electron chi connectivity index (χ4n) is 3.63. The summed E-state index contributed by atoms with van der Waals surface area (Å²) >= 11 is 0. The molecule has 0 saturated carbocycles. The van der Waals surface area contributed by atoms with Crippen molar-refractivity contribution in [3.05, 3.63) is 77.4 Å². The average molecular weight is 377 g/mol. The van der Waals surface area contributed by atoms with Crippen LogP contribution in [0.4, 0.5) is 0 Å². The van der Waals surface area contributed by atoms with Crippen LogP contribution in [0.2, 0.25) is 0 Å². The molecule has 2 rings (SSSR count). The lowest BCUT2D eigenvalue weighted by atomic mass is 9.91. The summed E-state index contributed by atoms with van der Waals surface area (Å²) in [4.78, 5) is 13.0. The summed E-state index contributed by atoms with van der Waals surface area (Å²) < 4.78 is 0.809. The first-order valence-corrected chi connectivity index (χ1v) is 9.47. The highest BCUT2D eigenvalue weighted by Gasteiger charge is 2.27. The van der Waals surface area contributed by atoms with E-state index in [1.165, 1.54) is 0 Å². The van der Waals surface area contributed by atoms with E-state index in [2.05, 4.69) is 46.4 Å². The molecule has 0 saturated heterocycles. The monoisotopic (exact) mass is 376 g/mol. The van der Waals surface area contributed by atoms with Crippen LogP contribution in [0.5, 0.6) is 0 Å². The molecule has 0 atom stereocenters. The third-order valence-corrected chi connectivity index (χ3v) is 4.34. The molecule has 1 amide bonds. The van der Waals surface area contributed by atoms with Crippen molar-refractivity contribution in [2.24, 2.45) is 5.41 Å². The molecule has 0 aromatic heterocycles. The van der Waals surface area contributed by atoms with Crippen molar-refractivity contribution < 1.29 is 9.28 Å². The summed E-state index contributed by atoms with van der Waals surface area (Å²) in [6.45, 7) is 5.66. The van der Waals surface area contributed by atoms with Crippen molar-refractivity contribution in [1.29, 1.82) is 5.26 Å². The van der Waals surface area contributed by atoms with Crippen LogP contribution in [-0.4, -0.2) is 44.6 Å². The second-order valence-electron chi connectivity index (χ2n) is 8.89. The van der Waals surface area contributed by atoms with Gasteiger partial charge in [-0.3, -0.25) is 4.79 Å². The van der Waals surface area contributed by atoms with Crippen molar-refractivity contribution in [1.82, 2.24) is 5.32 Å². The first-order chi connectivity index (χ1) is 13.1. The Morgan fingerprint density at radius 2 is 1.43 bits per heavy atom. The van der Waals surface area contributed by atoms with Crippen molar-refractivity contribution in [2.75, 3.05) is 34.2 Å². The van der Waals surface area contributed by atoms with Crippen molar-refractivity contribution in [3.63, 3.8) is 0 Å². The van der Waals surface area contributed by atoms with Gasteiger partial charge in [0.25, 0.3) is 5.91 Å². The second-order valence-corrected chi connectivity index (χ2v) is 8.89. The Morgan fingerprint density at radius 3 is 1.82 bits per heavy atom. The van der Waals surface area contributed by atoms with Gasteiger partial charge in [0.2, 0.25) is 0 Å². The molecule has 0 aliphatic rings. The Morgan fingerprint density at radius 1 is 0.964 bits per heavy atom. The Bertz CT molecular complexity index is 828. The Balaban J connectivity index is 2.38. The second kappa shape index (κ2) is 8.86. The maximum atomic E-state index is 13.0. The molecule has 0 spiro atoms. The number of nitrogens with one attached hydrogen (secondary N) is 1. The largest absolute Gasteiger partial charge is 0.351 e. The van der Waals surface area contributed by atoms with E-state index in [1.54, 1.807) is 0 Å². The Labute approximate surface area is 168 Å². The number of rotatable bonds is 7. The summed E-state index contributed by atoms with van der Waals surface area (Å²) in [5.41, 5.74) is 2.41. The fourth-order valence-corrected chi connectivity index (χ4v) is 3.63. The van der Waals surface area contributed by atoms with E-state index < -0.39 is 0 Å². The average Bonchev–Trinajstić information content (AvgIpc) is 2.63. The van der Waals surface area contributed by atoms with Crippen LogP contribution in [0.3, 0.4) is 0 Å². The van der Waals surface area contributed by atoms with Crippen molar-refractivity contribution in [2.45, 2.75) is 13.8 Å². The molecule has 0 fully saturated rings. The number of hydrogen-bond donors (Lipinski definition) is 1. The quantitative estimate of drug-likeness (QED) is 0.453. The van der Waals surface area contributed by atoms with Crippen molar-refractivity contribution in [3.8, 4) is 6.07 Å². The smallest absolute Gasteiger partial charge is 0.262 e. The molecule has 2 aromatic rings. The molecule has 0 bridgehead atoms. The number of benzene rings is 2. The molecule has 146 valence electrons. The van der Waals surface area contributed by atoms with Gasteiger partial charge < -0.3 is 9.80 Å². The zero-order valence-corrected chi connectivity index (χ0v) is 17.5. The topological polar surface area (TPSA) is 52.9 Å². The molecule has 0 aliphatic carbocycles. The summed E-state index contributed by atoms with van der Waals surface area (Å²) in [5.74, 6) is -0.334. The van der Waals surface area contributed by atoms with Gasteiger partial charge in [0.15, 0.2) is 0 Å².